The molecule has 0 unspecified atom stereocenters. The Bertz CT molecular complexity index is 405. The van der Waals surface area contributed by atoms with Crippen LogP contribution in [0.1, 0.15) is 15.9 Å². The molecule has 0 saturated carbocycles. The number of carboxylic acids is 1. The molecular weight excluding hydrogens is 226 g/mol. The second kappa shape index (κ2) is 6.07. The molecule has 0 fully saturated rings. The topological polar surface area (TPSA) is 91.0 Å². The van der Waals surface area contributed by atoms with Crippen molar-refractivity contribution in [3.05, 3.63) is 23.3 Å². The predicted molar refractivity (Wildman–Crippen MR) is 60.3 cm³/mol. The van der Waals surface area contributed by atoms with Crippen LogP contribution in [0.15, 0.2) is 12.1 Å². The maximum Gasteiger partial charge on any atom is 0.339 e. The lowest BCUT2D eigenvalue weighted by Gasteiger charge is -2.12. The lowest BCUT2D eigenvalue weighted by atomic mass is 10.1. The molecule has 1 aromatic carbocycles. The maximum absolute atomic E-state index is 11.0. The molecule has 0 bridgehead atoms. The Morgan fingerprint density at radius 1 is 1.29 bits per heavy atom. The fourth-order valence-corrected chi connectivity index (χ4v) is 1.50. The van der Waals surface area contributed by atoms with Gasteiger partial charge in [-0.15, -0.1) is 0 Å². The van der Waals surface area contributed by atoms with Gasteiger partial charge in [0.1, 0.15) is 17.1 Å². The SMILES string of the molecule is COc1cc(OC)c(C(=O)O)cc1CCON. The lowest BCUT2D eigenvalue weighted by Crippen LogP contribution is -2.07. The van der Waals surface area contributed by atoms with E-state index in [2.05, 4.69) is 4.84 Å². The number of nitrogens with two attached hydrogens (primary N) is 1. The third kappa shape index (κ3) is 3.08. The minimum absolute atomic E-state index is 0.0836. The summed E-state index contributed by atoms with van der Waals surface area (Å²) in [5, 5.41) is 9.03. The first-order valence-electron chi connectivity index (χ1n) is 4.94. The summed E-state index contributed by atoms with van der Waals surface area (Å²) in [7, 11) is 2.91. The molecule has 0 aliphatic rings. The first-order chi connectivity index (χ1) is 8.13. The first-order valence-corrected chi connectivity index (χ1v) is 4.94. The molecule has 6 heteroatoms. The highest BCUT2D eigenvalue weighted by Crippen LogP contribution is 2.29. The molecule has 0 radical (unpaired) electrons. The molecule has 1 aromatic rings. The van der Waals surface area contributed by atoms with E-state index in [-0.39, 0.29) is 17.9 Å². The fraction of sp³-hybridized carbons (Fsp3) is 0.364. The summed E-state index contributed by atoms with van der Waals surface area (Å²) < 4.78 is 10.1. The number of hydrogen-bond acceptors (Lipinski definition) is 5. The van der Waals surface area contributed by atoms with Crippen LogP contribution in [0.2, 0.25) is 0 Å². The molecule has 0 aliphatic heterocycles. The van der Waals surface area contributed by atoms with Crippen LogP contribution < -0.4 is 15.4 Å². The van der Waals surface area contributed by atoms with Crippen molar-refractivity contribution < 1.29 is 24.2 Å². The molecule has 0 aliphatic carbocycles. The summed E-state index contributed by atoms with van der Waals surface area (Å²) in [5.74, 6) is 4.69. The van der Waals surface area contributed by atoms with Crippen molar-refractivity contribution in [2.45, 2.75) is 6.42 Å². The second-order valence-electron chi connectivity index (χ2n) is 3.29. The Balaban J connectivity index is 3.18. The van der Waals surface area contributed by atoms with Crippen molar-refractivity contribution in [1.82, 2.24) is 0 Å². The molecule has 17 heavy (non-hydrogen) atoms. The molecule has 0 amide bonds. The molecule has 0 spiro atoms. The van der Waals surface area contributed by atoms with Crippen molar-refractivity contribution in [3.63, 3.8) is 0 Å². The number of carboxylic acid groups (broad SMARTS) is 1. The number of aromatic carboxylic acids is 1. The number of ether oxygens (including phenoxy) is 2. The van der Waals surface area contributed by atoms with E-state index in [1.807, 2.05) is 0 Å². The zero-order valence-electron chi connectivity index (χ0n) is 9.73. The molecule has 0 aromatic heterocycles. The van der Waals surface area contributed by atoms with Gasteiger partial charge in [0.2, 0.25) is 0 Å². The van der Waals surface area contributed by atoms with Crippen LogP contribution >= 0.6 is 0 Å². The molecule has 1 rings (SSSR count). The second-order valence-corrected chi connectivity index (χ2v) is 3.29. The third-order valence-corrected chi connectivity index (χ3v) is 2.32. The average molecular weight is 241 g/mol. The fourth-order valence-electron chi connectivity index (χ4n) is 1.50. The molecule has 0 saturated heterocycles. The molecule has 94 valence electrons. The van der Waals surface area contributed by atoms with Crippen molar-refractivity contribution in [2.24, 2.45) is 5.90 Å². The number of methoxy groups -OCH3 is 2. The maximum atomic E-state index is 11.0. The van der Waals surface area contributed by atoms with E-state index in [0.717, 1.165) is 0 Å². The Morgan fingerprint density at radius 2 is 1.94 bits per heavy atom. The first kappa shape index (κ1) is 13.3. The van der Waals surface area contributed by atoms with Gasteiger partial charge in [0.05, 0.1) is 20.8 Å². The quantitative estimate of drug-likeness (QED) is 0.717. The van der Waals surface area contributed by atoms with Gasteiger partial charge >= 0.3 is 5.97 Å². The summed E-state index contributed by atoms with van der Waals surface area (Å²) in [6, 6.07) is 3.04. The van der Waals surface area contributed by atoms with Crippen molar-refractivity contribution in [1.29, 1.82) is 0 Å². The predicted octanol–water partition coefficient (Wildman–Crippen LogP) is 0.835. The Hall–Kier alpha value is -1.79. The number of hydrogen-bond donors (Lipinski definition) is 2. The lowest BCUT2D eigenvalue weighted by molar-refractivity contribution is 0.0693. The van der Waals surface area contributed by atoms with Crippen LogP contribution in [0.25, 0.3) is 0 Å². The minimum Gasteiger partial charge on any atom is -0.496 e. The van der Waals surface area contributed by atoms with E-state index in [0.29, 0.717) is 17.7 Å². The normalized spacial score (nSPS) is 10.1. The average Bonchev–Trinajstić information content (AvgIpc) is 2.34. The summed E-state index contributed by atoms with van der Waals surface area (Å²) in [6.45, 7) is 0.280. The van der Waals surface area contributed by atoms with E-state index >= 15 is 0 Å². The summed E-state index contributed by atoms with van der Waals surface area (Å²) in [6.07, 6.45) is 0.462. The molecule has 0 atom stereocenters. The number of benzene rings is 1. The third-order valence-electron chi connectivity index (χ3n) is 2.32. The molecular formula is C11H15NO5. The highest BCUT2D eigenvalue weighted by Gasteiger charge is 2.15. The van der Waals surface area contributed by atoms with Crippen LogP contribution in [0, 0.1) is 0 Å². The zero-order valence-corrected chi connectivity index (χ0v) is 9.73. The van der Waals surface area contributed by atoms with E-state index in [1.165, 1.54) is 26.4 Å². The Labute approximate surface area is 98.8 Å². The van der Waals surface area contributed by atoms with E-state index in [1.54, 1.807) is 0 Å². The van der Waals surface area contributed by atoms with E-state index < -0.39 is 5.97 Å². The van der Waals surface area contributed by atoms with Crippen molar-refractivity contribution >= 4 is 5.97 Å². The van der Waals surface area contributed by atoms with Gasteiger partial charge in [-0.2, -0.15) is 0 Å². The van der Waals surface area contributed by atoms with Gasteiger partial charge in [-0.25, -0.2) is 10.7 Å². The minimum atomic E-state index is -1.06. The highest BCUT2D eigenvalue weighted by molar-refractivity contribution is 5.91. The molecule has 3 N–H and O–H groups in total. The Kier molecular flexibility index (Phi) is 4.74. The van der Waals surface area contributed by atoms with Crippen LogP contribution in [0.4, 0.5) is 0 Å². The summed E-state index contributed by atoms with van der Waals surface area (Å²) in [5.41, 5.74) is 0.788. The van der Waals surface area contributed by atoms with Crippen LogP contribution in [0.5, 0.6) is 11.5 Å². The van der Waals surface area contributed by atoms with Gasteiger partial charge in [0.15, 0.2) is 0 Å². The van der Waals surface area contributed by atoms with E-state index in [9.17, 15) is 4.79 Å². The van der Waals surface area contributed by atoms with Gasteiger partial charge in [-0.3, -0.25) is 0 Å². The monoisotopic (exact) mass is 241 g/mol. The largest absolute Gasteiger partial charge is 0.496 e. The summed E-state index contributed by atoms with van der Waals surface area (Å²) in [4.78, 5) is 15.5. The van der Waals surface area contributed by atoms with Gasteiger partial charge in [-0.05, 0) is 11.6 Å². The van der Waals surface area contributed by atoms with Gasteiger partial charge in [-0.1, -0.05) is 0 Å². The van der Waals surface area contributed by atoms with Crippen LogP contribution in [0.3, 0.4) is 0 Å². The Morgan fingerprint density at radius 3 is 2.41 bits per heavy atom. The highest BCUT2D eigenvalue weighted by atomic mass is 16.6. The molecule has 6 nitrogen and oxygen atoms in total. The van der Waals surface area contributed by atoms with E-state index in [4.69, 9.17) is 20.5 Å². The summed E-state index contributed by atoms with van der Waals surface area (Å²) >= 11 is 0. The number of rotatable bonds is 6. The standard InChI is InChI=1S/C11H15NO5/c1-15-9-6-10(16-2)8(11(13)14)5-7(9)3-4-17-12/h5-6H,3-4,12H2,1-2H3,(H,13,14). The van der Waals surface area contributed by atoms with Crippen molar-refractivity contribution in [3.8, 4) is 11.5 Å². The molecule has 0 heterocycles. The van der Waals surface area contributed by atoms with Gasteiger partial charge < -0.3 is 19.4 Å². The smallest absolute Gasteiger partial charge is 0.339 e. The number of carbonyl (C=O) groups is 1. The van der Waals surface area contributed by atoms with Crippen LogP contribution in [-0.2, 0) is 11.3 Å². The van der Waals surface area contributed by atoms with Crippen LogP contribution in [-0.4, -0.2) is 31.9 Å². The zero-order chi connectivity index (χ0) is 12.8. The van der Waals surface area contributed by atoms with Gasteiger partial charge in [0.25, 0.3) is 0 Å². The van der Waals surface area contributed by atoms with Crippen molar-refractivity contribution in [2.75, 3.05) is 20.8 Å². The van der Waals surface area contributed by atoms with Gasteiger partial charge in [0, 0.05) is 12.5 Å².